The molecule has 624 valence electrons. The topological polar surface area (TPSA) is 325 Å². The highest BCUT2D eigenvalue weighted by atomic mass is 79.9. The number of aromatic nitrogens is 1. The van der Waals surface area contributed by atoms with E-state index in [1.54, 1.807) is 60.7 Å². The normalized spacial score (nSPS) is 32.5. The van der Waals surface area contributed by atoms with Gasteiger partial charge in [0.05, 0.1) is 77.6 Å². The van der Waals surface area contributed by atoms with E-state index in [4.69, 9.17) is 87.9 Å². The van der Waals surface area contributed by atoms with Gasteiger partial charge in [0.1, 0.15) is 80.4 Å². The van der Waals surface area contributed by atoms with Crippen LogP contribution in [-0.2, 0) is 76.0 Å². The van der Waals surface area contributed by atoms with Crippen LogP contribution >= 0.6 is 27.5 Å². The quantitative estimate of drug-likeness (QED) is 0.0266. The second-order valence-electron chi connectivity index (χ2n) is 32.5. The second kappa shape index (κ2) is 36.3. The molecule has 8 saturated heterocycles. The molecule has 27 heteroatoms. The first kappa shape index (κ1) is 85.9. The molecule has 118 heavy (non-hydrogen) atoms. The molecule has 9 heterocycles. The van der Waals surface area contributed by atoms with Crippen molar-refractivity contribution in [1.82, 2.24) is 4.98 Å². The Morgan fingerprint density at radius 2 is 0.754 bits per heavy atom. The predicted molar refractivity (Wildman–Crippen MR) is 431 cm³/mol. The highest BCUT2D eigenvalue weighted by Crippen LogP contribution is 2.54. The number of allylic oxidation sites excluding steroid dienone is 4. The molecule has 0 unspecified atom stereocenters. The van der Waals surface area contributed by atoms with E-state index < -0.39 is 17.9 Å². The highest BCUT2D eigenvalue weighted by molar-refractivity contribution is 9.10. The lowest BCUT2D eigenvalue weighted by Gasteiger charge is -2.20. The zero-order valence-corrected chi connectivity index (χ0v) is 69.6. The van der Waals surface area contributed by atoms with E-state index >= 15 is 0 Å². The van der Waals surface area contributed by atoms with Crippen LogP contribution in [0.2, 0.25) is 5.15 Å². The van der Waals surface area contributed by atoms with E-state index in [-0.39, 0.29) is 151 Å². The van der Waals surface area contributed by atoms with Crippen LogP contribution < -0.4 is 14.2 Å². The Kier molecular flexibility index (Phi) is 26.4. The lowest BCUT2D eigenvalue weighted by molar-refractivity contribution is -0.140. The van der Waals surface area contributed by atoms with Gasteiger partial charge in [-0.05, 0) is 226 Å². The second-order valence-corrected chi connectivity index (χ2v) is 33.8. The lowest BCUT2D eigenvalue weighted by atomic mass is 9.84. The van der Waals surface area contributed by atoms with Crippen LogP contribution in [0.15, 0.2) is 179 Å². The van der Waals surface area contributed by atoms with Gasteiger partial charge in [-0.2, -0.15) is 5.26 Å². The molecule has 0 bridgehead atoms. The Balaban J connectivity index is 0.000000137. The molecule has 0 saturated carbocycles. The van der Waals surface area contributed by atoms with Gasteiger partial charge in [-0.1, -0.05) is 78.2 Å². The third-order valence-corrected chi connectivity index (χ3v) is 25.3. The van der Waals surface area contributed by atoms with Crippen molar-refractivity contribution in [3.63, 3.8) is 0 Å². The number of hydrogen-bond acceptors (Lipinski definition) is 25. The summed E-state index contributed by atoms with van der Waals surface area (Å²) in [7, 11) is 4.48. The van der Waals surface area contributed by atoms with E-state index in [9.17, 15) is 38.4 Å². The minimum atomic E-state index is -0.494. The van der Waals surface area contributed by atoms with Gasteiger partial charge in [-0.15, -0.1) is 0 Å². The predicted octanol–water partition coefficient (Wildman–Crippen LogP) is 15.1. The number of pyridine rings is 1. The fourth-order valence-corrected chi connectivity index (χ4v) is 17.3. The van der Waals surface area contributed by atoms with Crippen molar-refractivity contribution in [2.45, 2.75) is 202 Å². The zero-order valence-electron chi connectivity index (χ0n) is 67.3. The van der Waals surface area contributed by atoms with E-state index in [0.717, 1.165) is 91.0 Å². The maximum atomic E-state index is 12.8. The molecule has 0 N–H and O–H groups in total. The van der Waals surface area contributed by atoms with Crippen LogP contribution in [0.3, 0.4) is 0 Å². The Bertz CT molecular complexity index is 4640. The number of fused-ring (bicyclic) bond motifs is 12. The SMILES string of the molecule is C=C1C(=O)O[C@H]2[C@H]1CC/C(COC(=O)c1cc(OC)c(OC)c(OC)c1)=C\CC[C@@]1(C)O[C@@H]21.C=C1C(=O)O[C@H]2[C@H]1CC/C(COC(=O)c1ccc(Br)cc1)=C\CC[C@@]1(C)O[C@@H]21.C=C1C(=O)O[C@H]2[C@H]1CC/C(COC(=O)c1ccc(C#N)cc1)=C\CC[C@@]1(C)O[C@@H]21.C=C1C(=O)O[C@H]2[C@H]1CC/C(COC(=O)c1ccc(Cl)nc1)=C\CC[C@@]1(C)O[C@@H]21. The summed E-state index contributed by atoms with van der Waals surface area (Å²) in [4.78, 5) is 102. The number of carbonyl (C=O) groups excluding carboxylic acids is 8. The van der Waals surface area contributed by atoms with Crippen molar-refractivity contribution in [2.75, 3.05) is 47.8 Å². The molecule has 8 aliphatic heterocycles. The molecular weight excluding hydrogens is 1600 g/mol. The minimum Gasteiger partial charge on any atom is -0.493 e. The van der Waals surface area contributed by atoms with Crippen molar-refractivity contribution in [1.29, 1.82) is 5.26 Å². The van der Waals surface area contributed by atoms with Gasteiger partial charge in [-0.25, -0.2) is 43.3 Å². The largest absolute Gasteiger partial charge is 0.493 e. The van der Waals surface area contributed by atoms with Crippen LogP contribution in [-0.4, -0.2) is 172 Å². The first-order chi connectivity index (χ1) is 56.5. The summed E-state index contributed by atoms with van der Waals surface area (Å²) in [5, 5.41) is 9.18. The van der Waals surface area contributed by atoms with Crippen LogP contribution in [0.4, 0.5) is 0 Å². The summed E-state index contributed by atoms with van der Waals surface area (Å²) in [5.41, 5.74) is 7.05. The van der Waals surface area contributed by atoms with Crippen LogP contribution in [0.1, 0.15) is 177 Å². The Morgan fingerprint density at radius 1 is 0.458 bits per heavy atom. The van der Waals surface area contributed by atoms with Gasteiger partial charge in [-0.3, -0.25) is 0 Å². The third kappa shape index (κ3) is 19.6. The summed E-state index contributed by atoms with van der Waals surface area (Å²) in [6, 6.07) is 21.7. The van der Waals surface area contributed by atoms with Crippen molar-refractivity contribution >= 4 is 75.3 Å². The summed E-state index contributed by atoms with van der Waals surface area (Å²) in [6.45, 7) is 24.7. The average molecular weight is 1700 g/mol. The summed E-state index contributed by atoms with van der Waals surface area (Å²) in [5.74, 6) is -2.18. The number of esters is 8. The Hall–Kier alpha value is -10.0. The van der Waals surface area contributed by atoms with Gasteiger partial charge in [0.25, 0.3) is 0 Å². The van der Waals surface area contributed by atoms with Gasteiger partial charge in [0, 0.05) is 56.6 Å². The average Bonchev–Trinajstić information content (AvgIpc) is 1.59. The molecule has 0 amide bonds. The van der Waals surface area contributed by atoms with E-state index in [0.29, 0.717) is 111 Å². The van der Waals surface area contributed by atoms with Crippen molar-refractivity contribution in [2.24, 2.45) is 23.7 Å². The van der Waals surface area contributed by atoms with Gasteiger partial charge in [0.2, 0.25) is 5.75 Å². The third-order valence-electron chi connectivity index (χ3n) is 24.5. The molecule has 3 aromatic carbocycles. The summed E-state index contributed by atoms with van der Waals surface area (Å²) in [6.07, 6.45) is 20.6. The maximum absolute atomic E-state index is 12.8. The monoisotopic (exact) mass is 1700 g/mol. The smallest absolute Gasteiger partial charge is 0.340 e. The molecule has 4 aromatic rings. The fraction of sp³-hybridized carbons (Fsp3) is 0.473. The zero-order chi connectivity index (χ0) is 84.1. The number of carbonyl (C=O) groups is 8. The molecule has 12 aliphatic rings. The maximum Gasteiger partial charge on any atom is 0.340 e. The summed E-state index contributed by atoms with van der Waals surface area (Å²) < 4.78 is 84.8. The first-order valence-corrected chi connectivity index (χ1v) is 41.0. The number of halogens is 2. The number of ether oxygens (including phenoxy) is 15. The van der Waals surface area contributed by atoms with E-state index in [1.807, 2.05) is 39.0 Å². The first-order valence-electron chi connectivity index (χ1n) is 39.8. The lowest BCUT2D eigenvalue weighted by Crippen LogP contribution is -2.29. The Labute approximate surface area is 699 Å². The van der Waals surface area contributed by atoms with E-state index in [2.05, 4.69) is 78.5 Å². The standard InChI is InChI=1S/C25H30O8.C23H23NO5.C22H23BrO5.C21H22ClNO5/c1-14-17-9-8-15(7-6-10-25(2)22(33-25)20(17)32-23(14)26)13-31-24(27)16-11-18(28-3)21(30-5)19(12-16)29-4;1-14-18-10-7-16(13-27-22(26)17-8-5-15(12-24)6-9-17)4-3-11-23(2)20(29-23)19(18)28-21(14)25;1-13-17-10-5-14(12-26-21(25)15-6-8-16(23)9-7-15)4-3-11-22(2)19(28-22)18(17)27-20(13)24;1-12-15-7-5-13(11-26-20(25)14-6-8-16(22)23-10-14)4-3-9-21(2)18(28-21)17(15)27-19(12)24/h7,11-12,17,20,22H,1,6,8-10,13H2,2-5H3;4-6,8-9,18-20H,1,3,7,10-11,13H2,2H3;4,6-9,17-19H,1,3,5,10-12H2,2H3;4,6,8,10,15,17-18H,1,3,5,7,9,11H2,2H3/b15-7+;16-4+;14-4+;13-4+/t17-,20-,22-,25+;18-,19-,20-,23+;17-,18-,19-,22+;15-,17-,18-,21+/m0000/s1. The summed E-state index contributed by atoms with van der Waals surface area (Å²) >= 11 is 9.10. The number of rotatable bonds is 15. The molecule has 4 aliphatic carbocycles. The highest BCUT2D eigenvalue weighted by Gasteiger charge is 2.65. The molecule has 25 nitrogen and oxygen atoms in total. The van der Waals surface area contributed by atoms with Crippen LogP contribution in [0, 0.1) is 35.0 Å². The molecule has 8 fully saturated rings. The molecule has 0 spiro atoms. The number of nitriles is 1. The number of nitrogens with zero attached hydrogens (tertiary/aromatic N) is 2. The van der Waals surface area contributed by atoms with Crippen LogP contribution in [0.5, 0.6) is 17.2 Å². The Morgan fingerprint density at radius 3 is 1.04 bits per heavy atom. The molecule has 0 radical (unpaired) electrons. The number of methoxy groups -OCH3 is 3. The van der Waals surface area contributed by atoms with Crippen molar-refractivity contribution in [3.05, 3.63) is 212 Å². The molecular formula is C91H98BrClN2O23. The van der Waals surface area contributed by atoms with Crippen molar-refractivity contribution < 1.29 is 109 Å². The molecule has 16 atom stereocenters. The van der Waals surface area contributed by atoms with Crippen molar-refractivity contribution in [3.8, 4) is 23.3 Å². The number of benzene rings is 3. The van der Waals surface area contributed by atoms with E-state index in [1.165, 1.54) is 27.5 Å². The minimum absolute atomic E-state index is 0.0501. The van der Waals surface area contributed by atoms with Gasteiger partial charge >= 0.3 is 47.8 Å². The fourth-order valence-electron chi connectivity index (χ4n) is 16.9. The number of hydrogen-bond donors (Lipinski definition) is 0. The number of epoxide rings is 4. The molecule has 1 aromatic heterocycles. The molecule has 16 rings (SSSR count). The van der Waals surface area contributed by atoms with Crippen LogP contribution in [0.25, 0.3) is 0 Å². The van der Waals surface area contributed by atoms with Gasteiger partial charge < -0.3 is 71.1 Å². The van der Waals surface area contributed by atoms with Gasteiger partial charge in [0.15, 0.2) is 11.5 Å².